The lowest BCUT2D eigenvalue weighted by atomic mass is 9.79. The van der Waals surface area contributed by atoms with E-state index >= 15 is 0 Å². The quantitative estimate of drug-likeness (QED) is 0.732. The van der Waals surface area contributed by atoms with Gasteiger partial charge < -0.3 is 10.5 Å². The highest BCUT2D eigenvalue weighted by Crippen LogP contribution is 2.34. The van der Waals surface area contributed by atoms with Crippen molar-refractivity contribution in [3.05, 3.63) is 0 Å². The molecule has 0 atom stereocenters. The molecule has 0 bridgehead atoms. The zero-order valence-electron chi connectivity index (χ0n) is 9.18. The van der Waals surface area contributed by atoms with Gasteiger partial charge in [-0.15, -0.1) is 0 Å². The second-order valence-corrected chi connectivity index (χ2v) is 4.74. The van der Waals surface area contributed by atoms with Crippen molar-refractivity contribution in [2.45, 2.75) is 58.2 Å². The van der Waals surface area contributed by atoms with Crippen LogP contribution in [0.3, 0.4) is 0 Å². The van der Waals surface area contributed by atoms with Crippen molar-refractivity contribution >= 4 is 0 Å². The Morgan fingerprint density at radius 1 is 1.38 bits per heavy atom. The molecule has 0 heterocycles. The SMILES string of the molecule is CC1CCC(CN)(OC(C)C)CC1. The van der Waals surface area contributed by atoms with Crippen molar-refractivity contribution in [2.24, 2.45) is 11.7 Å². The van der Waals surface area contributed by atoms with Crippen molar-refractivity contribution in [3.63, 3.8) is 0 Å². The lowest BCUT2D eigenvalue weighted by Gasteiger charge is -2.39. The summed E-state index contributed by atoms with van der Waals surface area (Å²) in [6.07, 6.45) is 5.12. The van der Waals surface area contributed by atoms with Gasteiger partial charge in [-0.2, -0.15) is 0 Å². The molecular formula is C11H23NO. The standard InChI is InChI=1S/C11H23NO/c1-9(2)13-11(8-12)6-4-10(3)5-7-11/h9-10H,4-8,12H2,1-3H3. The molecule has 2 N–H and O–H groups in total. The van der Waals surface area contributed by atoms with Crippen LogP contribution in [0.5, 0.6) is 0 Å². The summed E-state index contributed by atoms with van der Waals surface area (Å²) in [7, 11) is 0. The monoisotopic (exact) mass is 185 g/mol. The van der Waals surface area contributed by atoms with Gasteiger partial charge in [0.05, 0.1) is 11.7 Å². The summed E-state index contributed by atoms with van der Waals surface area (Å²) in [5, 5.41) is 0. The van der Waals surface area contributed by atoms with Crippen molar-refractivity contribution in [1.29, 1.82) is 0 Å². The number of ether oxygens (including phenoxy) is 1. The average Bonchev–Trinajstić information content (AvgIpc) is 2.09. The fourth-order valence-electron chi connectivity index (χ4n) is 2.16. The summed E-state index contributed by atoms with van der Waals surface area (Å²) in [5.41, 5.74) is 5.81. The highest BCUT2D eigenvalue weighted by atomic mass is 16.5. The Balaban J connectivity index is 2.50. The fourth-order valence-corrected chi connectivity index (χ4v) is 2.16. The molecule has 0 amide bonds. The van der Waals surface area contributed by atoms with Gasteiger partial charge in [0.1, 0.15) is 0 Å². The van der Waals surface area contributed by atoms with E-state index in [4.69, 9.17) is 10.5 Å². The smallest absolute Gasteiger partial charge is 0.0807 e. The van der Waals surface area contributed by atoms with E-state index in [9.17, 15) is 0 Å². The van der Waals surface area contributed by atoms with Crippen LogP contribution in [-0.2, 0) is 4.74 Å². The van der Waals surface area contributed by atoms with Crippen LogP contribution in [0.15, 0.2) is 0 Å². The van der Waals surface area contributed by atoms with Crippen LogP contribution in [0.2, 0.25) is 0 Å². The lowest BCUT2D eigenvalue weighted by Crippen LogP contribution is -2.45. The van der Waals surface area contributed by atoms with Gasteiger partial charge in [-0.1, -0.05) is 6.92 Å². The summed E-state index contributed by atoms with van der Waals surface area (Å²) in [5.74, 6) is 0.857. The summed E-state index contributed by atoms with van der Waals surface area (Å²) in [4.78, 5) is 0. The molecule has 1 aliphatic carbocycles. The molecule has 0 aliphatic heterocycles. The van der Waals surface area contributed by atoms with Crippen LogP contribution >= 0.6 is 0 Å². The predicted molar refractivity (Wildman–Crippen MR) is 55.6 cm³/mol. The third-order valence-corrected chi connectivity index (χ3v) is 3.04. The average molecular weight is 185 g/mol. The first-order chi connectivity index (χ1) is 6.08. The maximum Gasteiger partial charge on any atom is 0.0807 e. The van der Waals surface area contributed by atoms with E-state index in [0.717, 1.165) is 18.8 Å². The van der Waals surface area contributed by atoms with Gasteiger partial charge in [0.2, 0.25) is 0 Å². The molecule has 0 aromatic heterocycles. The molecule has 0 unspecified atom stereocenters. The van der Waals surface area contributed by atoms with Crippen LogP contribution in [0.25, 0.3) is 0 Å². The fraction of sp³-hybridized carbons (Fsp3) is 1.00. The van der Waals surface area contributed by atoms with Gasteiger partial charge in [0, 0.05) is 6.54 Å². The van der Waals surface area contributed by atoms with E-state index in [1.165, 1.54) is 12.8 Å². The third kappa shape index (κ3) is 2.96. The van der Waals surface area contributed by atoms with E-state index < -0.39 is 0 Å². The molecule has 1 rings (SSSR count). The first-order valence-corrected chi connectivity index (χ1v) is 5.46. The van der Waals surface area contributed by atoms with E-state index in [1.54, 1.807) is 0 Å². The van der Waals surface area contributed by atoms with Crippen LogP contribution in [-0.4, -0.2) is 18.2 Å². The van der Waals surface area contributed by atoms with E-state index in [-0.39, 0.29) is 5.60 Å². The van der Waals surface area contributed by atoms with Gasteiger partial charge in [0.25, 0.3) is 0 Å². The number of nitrogens with two attached hydrogens (primary N) is 1. The Morgan fingerprint density at radius 2 is 1.92 bits per heavy atom. The molecular weight excluding hydrogens is 162 g/mol. The lowest BCUT2D eigenvalue weighted by molar-refractivity contribution is -0.100. The second kappa shape index (κ2) is 4.43. The van der Waals surface area contributed by atoms with Crippen LogP contribution < -0.4 is 5.73 Å². The largest absolute Gasteiger partial charge is 0.371 e. The second-order valence-electron chi connectivity index (χ2n) is 4.74. The summed E-state index contributed by atoms with van der Waals surface area (Å²) >= 11 is 0. The van der Waals surface area contributed by atoms with Gasteiger partial charge in [-0.3, -0.25) is 0 Å². The molecule has 1 aliphatic rings. The van der Waals surface area contributed by atoms with E-state index in [0.29, 0.717) is 12.6 Å². The molecule has 1 saturated carbocycles. The summed E-state index contributed by atoms with van der Waals surface area (Å²) in [6.45, 7) is 7.18. The molecule has 2 heteroatoms. The highest BCUT2D eigenvalue weighted by molar-refractivity contribution is 4.87. The van der Waals surface area contributed by atoms with Crippen LogP contribution in [0.1, 0.15) is 46.5 Å². The minimum absolute atomic E-state index is 0.000671. The molecule has 0 spiro atoms. The maximum absolute atomic E-state index is 5.95. The molecule has 78 valence electrons. The predicted octanol–water partition coefficient (Wildman–Crippen LogP) is 2.32. The third-order valence-electron chi connectivity index (χ3n) is 3.04. The van der Waals surface area contributed by atoms with Crippen LogP contribution in [0.4, 0.5) is 0 Å². The van der Waals surface area contributed by atoms with Gasteiger partial charge in [0.15, 0.2) is 0 Å². The van der Waals surface area contributed by atoms with Crippen molar-refractivity contribution in [2.75, 3.05) is 6.54 Å². The van der Waals surface area contributed by atoms with Crippen molar-refractivity contribution in [3.8, 4) is 0 Å². The minimum Gasteiger partial charge on any atom is -0.371 e. The number of rotatable bonds is 3. The number of hydrogen-bond donors (Lipinski definition) is 1. The number of hydrogen-bond acceptors (Lipinski definition) is 2. The summed E-state index contributed by atoms with van der Waals surface area (Å²) in [6, 6.07) is 0. The van der Waals surface area contributed by atoms with Crippen molar-refractivity contribution in [1.82, 2.24) is 0 Å². The van der Waals surface area contributed by atoms with E-state index in [2.05, 4.69) is 20.8 Å². The molecule has 1 fully saturated rings. The first-order valence-electron chi connectivity index (χ1n) is 5.46. The topological polar surface area (TPSA) is 35.2 Å². The Labute approximate surface area is 81.8 Å². The molecule has 0 aromatic carbocycles. The molecule has 13 heavy (non-hydrogen) atoms. The zero-order chi connectivity index (χ0) is 9.90. The molecule has 0 aromatic rings. The minimum atomic E-state index is 0.000671. The van der Waals surface area contributed by atoms with Gasteiger partial charge in [-0.25, -0.2) is 0 Å². The first kappa shape index (κ1) is 11.0. The zero-order valence-corrected chi connectivity index (χ0v) is 9.18. The van der Waals surface area contributed by atoms with Crippen molar-refractivity contribution < 1.29 is 4.74 Å². The highest BCUT2D eigenvalue weighted by Gasteiger charge is 2.34. The molecule has 0 radical (unpaired) electrons. The molecule has 0 saturated heterocycles. The summed E-state index contributed by atoms with van der Waals surface area (Å²) < 4.78 is 5.95. The van der Waals surface area contributed by atoms with E-state index in [1.807, 2.05) is 0 Å². The Hall–Kier alpha value is -0.0800. The molecule has 2 nitrogen and oxygen atoms in total. The normalized spacial score (nSPS) is 35.3. The Morgan fingerprint density at radius 3 is 2.31 bits per heavy atom. The Bertz CT molecular complexity index is 148. The van der Waals surface area contributed by atoms with Crippen LogP contribution in [0, 0.1) is 5.92 Å². The van der Waals surface area contributed by atoms with Gasteiger partial charge >= 0.3 is 0 Å². The maximum atomic E-state index is 5.95. The Kier molecular flexibility index (Phi) is 3.74. The van der Waals surface area contributed by atoms with Gasteiger partial charge in [-0.05, 0) is 45.4 Å².